The van der Waals surface area contributed by atoms with Crippen molar-refractivity contribution in [3.05, 3.63) is 34.3 Å². The summed E-state index contributed by atoms with van der Waals surface area (Å²) in [5, 5.41) is 13.0. The molecule has 19 heavy (non-hydrogen) atoms. The van der Waals surface area contributed by atoms with Gasteiger partial charge in [-0.1, -0.05) is 34.1 Å². The quantitative estimate of drug-likeness (QED) is 0.726. The number of aliphatic hydroxyl groups excluding tert-OH is 1. The molecule has 0 amide bonds. The molecule has 2 unspecified atom stereocenters. The predicted octanol–water partition coefficient (Wildman–Crippen LogP) is 1.95. The normalized spacial score (nSPS) is 14.3. The second-order valence-electron chi connectivity index (χ2n) is 4.48. The van der Waals surface area contributed by atoms with Gasteiger partial charge in [-0.2, -0.15) is 0 Å². The second kappa shape index (κ2) is 9.44. The Kier molecular flexibility index (Phi) is 8.25. The molecule has 0 bridgehead atoms. The van der Waals surface area contributed by atoms with E-state index in [4.69, 9.17) is 9.47 Å². The fourth-order valence-electron chi connectivity index (χ4n) is 1.63. The first-order valence-corrected chi connectivity index (χ1v) is 7.15. The maximum atomic E-state index is 9.77. The summed E-state index contributed by atoms with van der Waals surface area (Å²) < 4.78 is 11.5. The van der Waals surface area contributed by atoms with E-state index in [1.807, 2.05) is 31.2 Å². The van der Waals surface area contributed by atoms with Gasteiger partial charge in [-0.25, -0.2) is 0 Å². The molecule has 0 heterocycles. The zero-order chi connectivity index (χ0) is 14.1. The highest BCUT2D eigenvalue weighted by molar-refractivity contribution is 9.10. The van der Waals surface area contributed by atoms with Crippen LogP contribution in [0, 0.1) is 0 Å². The van der Waals surface area contributed by atoms with E-state index in [1.165, 1.54) is 5.56 Å². The molecule has 108 valence electrons. The Hall–Kier alpha value is -0.460. The molecule has 0 saturated carbocycles. The van der Waals surface area contributed by atoms with Crippen molar-refractivity contribution in [2.24, 2.45) is 0 Å². The molecular weight excluding hydrogens is 310 g/mol. The lowest BCUT2D eigenvalue weighted by molar-refractivity contribution is -0.0311. The van der Waals surface area contributed by atoms with E-state index in [0.29, 0.717) is 26.3 Å². The van der Waals surface area contributed by atoms with Crippen molar-refractivity contribution in [1.29, 1.82) is 0 Å². The Bertz CT molecular complexity index is 362. The van der Waals surface area contributed by atoms with Gasteiger partial charge in [0.1, 0.15) is 0 Å². The average Bonchev–Trinajstić information content (AvgIpc) is 2.39. The van der Waals surface area contributed by atoms with E-state index in [9.17, 15) is 5.11 Å². The Balaban J connectivity index is 2.17. The molecule has 0 spiro atoms. The van der Waals surface area contributed by atoms with Gasteiger partial charge in [-0.15, -0.1) is 0 Å². The van der Waals surface area contributed by atoms with Gasteiger partial charge in [-0.3, -0.25) is 0 Å². The monoisotopic (exact) mass is 331 g/mol. The van der Waals surface area contributed by atoms with Crippen LogP contribution >= 0.6 is 15.9 Å². The lowest BCUT2D eigenvalue weighted by Crippen LogP contribution is -2.32. The number of ether oxygens (including phenoxy) is 2. The van der Waals surface area contributed by atoms with Crippen LogP contribution < -0.4 is 5.32 Å². The van der Waals surface area contributed by atoms with Crippen molar-refractivity contribution in [1.82, 2.24) is 5.32 Å². The lowest BCUT2D eigenvalue weighted by Gasteiger charge is -2.16. The van der Waals surface area contributed by atoms with Crippen LogP contribution in [0.2, 0.25) is 0 Å². The van der Waals surface area contributed by atoms with Gasteiger partial charge >= 0.3 is 0 Å². The van der Waals surface area contributed by atoms with Crippen LogP contribution in [-0.4, -0.2) is 44.2 Å². The summed E-state index contributed by atoms with van der Waals surface area (Å²) in [5.74, 6) is 0. The smallest absolute Gasteiger partial charge is 0.0897 e. The molecule has 4 nitrogen and oxygen atoms in total. The van der Waals surface area contributed by atoms with Gasteiger partial charge in [0.2, 0.25) is 0 Å². The van der Waals surface area contributed by atoms with Gasteiger partial charge in [-0.05, 0) is 18.6 Å². The Morgan fingerprint density at radius 2 is 2.05 bits per heavy atom. The van der Waals surface area contributed by atoms with Crippen molar-refractivity contribution >= 4 is 15.9 Å². The summed E-state index contributed by atoms with van der Waals surface area (Å²) in [7, 11) is 1.63. The van der Waals surface area contributed by atoms with Crippen molar-refractivity contribution in [2.45, 2.75) is 25.7 Å². The molecule has 0 aliphatic heterocycles. The van der Waals surface area contributed by atoms with Crippen molar-refractivity contribution in [3.63, 3.8) is 0 Å². The van der Waals surface area contributed by atoms with Crippen LogP contribution in [0.4, 0.5) is 0 Å². The summed E-state index contributed by atoms with van der Waals surface area (Å²) in [5.41, 5.74) is 1.17. The largest absolute Gasteiger partial charge is 0.389 e. The van der Waals surface area contributed by atoms with Crippen molar-refractivity contribution < 1.29 is 14.6 Å². The molecule has 2 atom stereocenters. The number of hydrogen-bond acceptors (Lipinski definition) is 4. The third-order valence-corrected chi connectivity index (χ3v) is 3.40. The number of halogens is 1. The Morgan fingerprint density at radius 1 is 1.32 bits per heavy atom. The van der Waals surface area contributed by atoms with E-state index in [2.05, 4.69) is 21.2 Å². The molecule has 5 heteroatoms. The molecule has 0 saturated heterocycles. The fraction of sp³-hybridized carbons (Fsp3) is 0.571. The van der Waals surface area contributed by atoms with Crippen LogP contribution in [-0.2, 0) is 16.0 Å². The third-order valence-electron chi connectivity index (χ3n) is 2.63. The molecular formula is C14H22BrNO3. The highest BCUT2D eigenvalue weighted by Crippen LogP contribution is 2.15. The maximum Gasteiger partial charge on any atom is 0.0897 e. The first-order valence-electron chi connectivity index (χ1n) is 6.36. The zero-order valence-corrected chi connectivity index (χ0v) is 13.0. The molecule has 2 N–H and O–H groups in total. The van der Waals surface area contributed by atoms with Gasteiger partial charge in [0, 0.05) is 24.7 Å². The molecule has 0 aliphatic rings. The Morgan fingerprint density at radius 3 is 2.74 bits per heavy atom. The molecule has 0 aromatic heterocycles. The second-order valence-corrected chi connectivity index (χ2v) is 5.33. The standard InChI is InChI=1S/C14H22BrNO3/c1-11(9-18-2)19-10-13(17)8-16-7-12-5-3-4-6-14(12)15/h3-6,11,13,16-17H,7-10H2,1-2H3. The third kappa shape index (κ3) is 7.03. The minimum Gasteiger partial charge on any atom is -0.389 e. The highest BCUT2D eigenvalue weighted by Gasteiger charge is 2.08. The topological polar surface area (TPSA) is 50.7 Å². The summed E-state index contributed by atoms with van der Waals surface area (Å²) >= 11 is 3.49. The minimum absolute atomic E-state index is 0.00270. The fourth-order valence-corrected chi connectivity index (χ4v) is 2.06. The van der Waals surface area contributed by atoms with Gasteiger partial charge in [0.25, 0.3) is 0 Å². The molecule has 0 radical (unpaired) electrons. The molecule has 1 aromatic rings. The van der Waals surface area contributed by atoms with Crippen LogP contribution in [0.3, 0.4) is 0 Å². The van der Waals surface area contributed by atoms with Gasteiger partial charge < -0.3 is 19.9 Å². The number of methoxy groups -OCH3 is 1. The van der Waals surface area contributed by atoms with Gasteiger partial charge in [0.05, 0.1) is 25.4 Å². The SMILES string of the molecule is COCC(C)OCC(O)CNCc1ccccc1Br. The van der Waals surface area contributed by atoms with E-state index < -0.39 is 6.10 Å². The molecule has 0 aliphatic carbocycles. The highest BCUT2D eigenvalue weighted by atomic mass is 79.9. The Labute approximate surface area is 123 Å². The number of benzene rings is 1. The van der Waals surface area contributed by atoms with Crippen LogP contribution in [0.1, 0.15) is 12.5 Å². The molecule has 1 aromatic carbocycles. The maximum absolute atomic E-state index is 9.77. The zero-order valence-electron chi connectivity index (χ0n) is 11.4. The lowest BCUT2D eigenvalue weighted by atomic mass is 10.2. The van der Waals surface area contributed by atoms with Gasteiger partial charge in [0.15, 0.2) is 0 Å². The van der Waals surface area contributed by atoms with E-state index in [0.717, 1.165) is 4.47 Å². The number of nitrogens with one attached hydrogen (secondary N) is 1. The summed E-state index contributed by atoms with van der Waals surface area (Å²) in [6.45, 7) is 3.99. The first-order chi connectivity index (χ1) is 9.13. The van der Waals surface area contributed by atoms with Crippen molar-refractivity contribution in [3.8, 4) is 0 Å². The van der Waals surface area contributed by atoms with Crippen LogP contribution in [0.25, 0.3) is 0 Å². The van der Waals surface area contributed by atoms with Crippen molar-refractivity contribution in [2.75, 3.05) is 26.9 Å². The summed E-state index contributed by atoms with van der Waals surface area (Å²) in [6, 6.07) is 8.02. The summed E-state index contributed by atoms with van der Waals surface area (Å²) in [6.07, 6.45) is -0.510. The predicted molar refractivity (Wildman–Crippen MR) is 79.1 cm³/mol. The molecule has 0 fully saturated rings. The van der Waals surface area contributed by atoms with E-state index in [-0.39, 0.29) is 6.10 Å². The summed E-state index contributed by atoms with van der Waals surface area (Å²) in [4.78, 5) is 0. The first kappa shape index (κ1) is 16.6. The molecule has 1 rings (SSSR count). The van der Waals surface area contributed by atoms with E-state index in [1.54, 1.807) is 7.11 Å². The number of hydrogen-bond donors (Lipinski definition) is 2. The van der Waals surface area contributed by atoms with Crippen LogP contribution in [0.15, 0.2) is 28.7 Å². The number of rotatable bonds is 9. The van der Waals surface area contributed by atoms with Crippen LogP contribution in [0.5, 0.6) is 0 Å². The number of aliphatic hydroxyl groups is 1. The van der Waals surface area contributed by atoms with E-state index >= 15 is 0 Å². The average molecular weight is 332 g/mol. The minimum atomic E-state index is -0.512.